The zero-order valence-corrected chi connectivity index (χ0v) is 19.8. The minimum Gasteiger partial charge on any atom is -0.484 e. The number of nitrogens with zero attached hydrogens (tertiary/aromatic N) is 1. The molecule has 0 spiro atoms. The molecule has 0 fully saturated rings. The molecule has 2 aromatic rings. The molecule has 6 heteroatoms. The first-order chi connectivity index (χ1) is 14.7. The number of benzene rings is 2. The van der Waals surface area contributed by atoms with Crippen molar-refractivity contribution in [1.82, 2.24) is 10.2 Å². The minimum absolute atomic E-state index is 0.135. The summed E-state index contributed by atoms with van der Waals surface area (Å²) in [5, 5.41) is 3.58. The summed E-state index contributed by atoms with van der Waals surface area (Å²) in [7, 11) is 0. The number of amides is 2. The summed E-state index contributed by atoms with van der Waals surface area (Å²) < 4.78 is 5.77. The van der Waals surface area contributed by atoms with Crippen LogP contribution in [0.5, 0.6) is 5.75 Å². The first-order valence-corrected chi connectivity index (χ1v) is 11.1. The van der Waals surface area contributed by atoms with Gasteiger partial charge in [0.05, 0.1) is 0 Å². The van der Waals surface area contributed by atoms with E-state index < -0.39 is 6.04 Å². The van der Waals surface area contributed by atoms with Gasteiger partial charge in [-0.2, -0.15) is 0 Å². The minimum atomic E-state index is -0.578. The van der Waals surface area contributed by atoms with E-state index in [4.69, 9.17) is 16.3 Å². The Morgan fingerprint density at radius 3 is 2.32 bits per heavy atom. The van der Waals surface area contributed by atoms with E-state index in [-0.39, 0.29) is 18.4 Å². The molecule has 0 bridgehead atoms. The van der Waals surface area contributed by atoms with Gasteiger partial charge in [0.15, 0.2) is 6.61 Å². The SMILES string of the molecule is CC[C@@H](C(=O)NCC(C)C)N(Cc1ccc(Cl)cc1)C(=O)COc1ccc(C)c(C)c1. The van der Waals surface area contributed by atoms with E-state index in [0.29, 0.717) is 36.2 Å². The molecule has 2 rings (SSSR count). The highest BCUT2D eigenvalue weighted by atomic mass is 35.5. The lowest BCUT2D eigenvalue weighted by Gasteiger charge is -2.31. The van der Waals surface area contributed by atoms with Crippen molar-refractivity contribution in [3.8, 4) is 5.75 Å². The summed E-state index contributed by atoms with van der Waals surface area (Å²) in [4.78, 5) is 27.6. The van der Waals surface area contributed by atoms with Gasteiger partial charge in [-0.15, -0.1) is 0 Å². The molecule has 0 aliphatic rings. The number of hydrogen-bond donors (Lipinski definition) is 1. The van der Waals surface area contributed by atoms with Crippen LogP contribution in [0.3, 0.4) is 0 Å². The van der Waals surface area contributed by atoms with Gasteiger partial charge in [0.25, 0.3) is 5.91 Å². The molecular formula is C25H33ClN2O3. The van der Waals surface area contributed by atoms with Crippen molar-refractivity contribution in [2.75, 3.05) is 13.2 Å². The van der Waals surface area contributed by atoms with Crippen LogP contribution in [0, 0.1) is 19.8 Å². The fourth-order valence-corrected chi connectivity index (χ4v) is 3.29. The number of rotatable bonds is 10. The van der Waals surface area contributed by atoms with E-state index >= 15 is 0 Å². The van der Waals surface area contributed by atoms with Crippen LogP contribution >= 0.6 is 11.6 Å². The predicted molar refractivity (Wildman–Crippen MR) is 125 cm³/mol. The highest BCUT2D eigenvalue weighted by Crippen LogP contribution is 2.18. The van der Waals surface area contributed by atoms with Gasteiger partial charge in [-0.25, -0.2) is 0 Å². The average Bonchev–Trinajstić information content (AvgIpc) is 2.74. The van der Waals surface area contributed by atoms with Gasteiger partial charge in [-0.3, -0.25) is 9.59 Å². The van der Waals surface area contributed by atoms with Crippen LogP contribution in [0.2, 0.25) is 5.02 Å². The molecule has 0 aliphatic carbocycles. The van der Waals surface area contributed by atoms with Crippen molar-refractivity contribution in [3.05, 3.63) is 64.2 Å². The maximum absolute atomic E-state index is 13.2. The van der Waals surface area contributed by atoms with Crippen LogP contribution in [0.1, 0.15) is 43.9 Å². The maximum atomic E-state index is 13.2. The maximum Gasteiger partial charge on any atom is 0.261 e. The van der Waals surface area contributed by atoms with Crippen LogP contribution in [0.4, 0.5) is 0 Å². The Balaban J connectivity index is 2.19. The van der Waals surface area contributed by atoms with E-state index in [0.717, 1.165) is 16.7 Å². The number of aryl methyl sites for hydroxylation is 2. The van der Waals surface area contributed by atoms with Gasteiger partial charge in [0.1, 0.15) is 11.8 Å². The lowest BCUT2D eigenvalue weighted by Crippen LogP contribution is -2.50. The van der Waals surface area contributed by atoms with Gasteiger partial charge in [0, 0.05) is 18.1 Å². The van der Waals surface area contributed by atoms with Crippen LogP contribution in [0.15, 0.2) is 42.5 Å². The third-order valence-corrected chi connectivity index (χ3v) is 5.43. The molecule has 0 aromatic heterocycles. The molecule has 5 nitrogen and oxygen atoms in total. The van der Waals surface area contributed by atoms with Gasteiger partial charge in [0.2, 0.25) is 5.91 Å². The Bertz CT molecular complexity index is 881. The second kappa shape index (κ2) is 11.8. The summed E-state index contributed by atoms with van der Waals surface area (Å²) >= 11 is 6.00. The summed E-state index contributed by atoms with van der Waals surface area (Å²) in [6.45, 7) is 10.8. The normalized spacial score (nSPS) is 11.8. The fraction of sp³-hybridized carbons (Fsp3) is 0.440. The van der Waals surface area contributed by atoms with Crippen molar-refractivity contribution in [2.45, 2.75) is 53.6 Å². The molecule has 1 atom stereocenters. The Hall–Kier alpha value is -2.53. The summed E-state index contributed by atoms with van der Waals surface area (Å²) in [5.41, 5.74) is 3.16. The lowest BCUT2D eigenvalue weighted by molar-refractivity contribution is -0.143. The molecule has 0 heterocycles. The first-order valence-electron chi connectivity index (χ1n) is 10.7. The van der Waals surface area contributed by atoms with Gasteiger partial charge in [-0.1, -0.05) is 50.6 Å². The third-order valence-electron chi connectivity index (χ3n) is 5.18. The van der Waals surface area contributed by atoms with E-state index in [9.17, 15) is 9.59 Å². The number of carbonyl (C=O) groups excluding carboxylic acids is 2. The molecule has 168 valence electrons. The molecule has 2 amide bonds. The number of ether oxygens (including phenoxy) is 1. The zero-order valence-electron chi connectivity index (χ0n) is 19.1. The molecule has 0 radical (unpaired) electrons. The van der Waals surface area contributed by atoms with E-state index in [1.165, 1.54) is 0 Å². The molecule has 0 aliphatic heterocycles. The number of halogens is 1. The predicted octanol–water partition coefficient (Wildman–Crippen LogP) is 4.92. The Kier molecular flexibility index (Phi) is 9.38. The highest BCUT2D eigenvalue weighted by molar-refractivity contribution is 6.30. The Morgan fingerprint density at radius 1 is 1.06 bits per heavy atom. The molecule has 31 heavy (non-hydrogen) atoms. The van der Waals surface area contributed by atoms with Crippen molar-refractivity contribution in [2.24, 2.45) is 5.92 Å². The number of hydrogen-bond acceptors (Lipinski definition) is 3. The second-order valence-corrected chi connectivity index (χ2v) is 8.68. The van der Waals surface area contributed by atoms with Crippen molar-refractivity contribution < 1.29 is 14.3 Å². The van der Waals surface area contributed by atoms with Crippen molar-refractivity contribution >= 4 is 23.4 Å². The van der Waals surface area contributed by atoms with Gasteiger partial charge >= 0.3 is 0 Å². The molecule has 0 saturated carbocycles. The quantitative estimate of drug-likeness (QED) is 0.566. The topological polar surface area (TPSA) is 58.6 Å². The largest absolute Gasteiger partial charge is 0.484 e. The monoisotopic (exact) mass is 444 g/mol. The zero-order chi connectivity index (χ0) is 23.0. The van der Waals surface area contributed by atoms with Crippen LogP contribution < -0.4 is 10.1 Å². The molecule has 1 N–H and O–H groups in total. The molecular weight excluding hydrogens is 412 g/mol. The van der Waals surface area contributed by atoms with E-state index in [1.807, 2.05) is 65.0 Å². The Labute approximate surface area is 190 Å². The molecule has 0 saturated heterocycles. The fourth-order valence-electron chi connectivity index (χ4n) is 3.16. The Morgan fingerprint density at radius 2 is 1.74 bits per heavy atom. The smallest absolute Gasteiger partial charge is 0.261 e. The number of nitrogens with one attached hydrogen (secondary N) is 1. The summed E-state index contributed by atoms with van der Waals surface area (Å²) in [5.74, 6) is 0.583. The summed E-state index contributed by atoms with van der Waals surface area (Å²) in [6.07, 6.45) is 0.507. The van der Waals surface area contributed by atoms with Crippen molar-refractivity contribution in [1.29, 1.82) is 0 Å². The third kappa shape index (κ3) is 7.59. The molecule has 0 unspecified atom stereocenters. The molecule has 2 aromatic carbocycles. The number of carbonyl (C=O) groups is 2. The van der Waals surface area contributed by atoms with Crippen molar-refractivity contribution in [3.63, 3.8) is 0 Å². The lowest BCUT2D eigenvalue weighted by atomic mass is 10.1. The average molecular weight is 445 g/mol. The highest BCUT2D eigenvalue weighted by Gasteiger charge is 2.29. The standard InChI is InChI=1S/C25H33ClN2O3/c1-6-23(25(30)27-14-17(2)3)28(15-20-8-10-21(26)11-9-20)24(29)16-31-22-12-7-18(4)19(5)13-22/h7-13,17,23H,6,14-16H2,1-5H3,(H,27,30)/t23-/m0/s1. The van der Waals surface area contributed by atoms with Crippen LogP contribution in [0.25, 0.3) is 0 Å². The van der Waals surface area contributed by atoms with E-state index in [1.54, 1.807) is 17.0 Å². The summed E-state index contributed by atoms with van der Waals surface area (Å²) in [6, 6.07) is 12.5. The van der Waals surface area contributed by atoms with Gasteiger partial charge in [-0.05, 0) is 67.1 Å². The van der Waals surface area contributed by atoms with Crippen LogP contribution in [-0.2, 0) is 16.1 Å². The van der Waals surface area contributed by atoms with Crippen LogP contribution in [-0.4, -0.2) is 35.9 Å². The first kappa shape index (κ1) is 24.7. The van der Waals surface area contributed by atoms with E-state index in [2.05, 4.69) is 5.32 Å². The second-order valence-electron chi connectivity index (χ2n) is 8.25. The van der Waals surface area contributed by atoms with Gasteiger partial charge < -0.3 is 15.0 Å².